The number of aliphatic carboxylic acids is 1. The minimum Gasteiger partial charge on any atom is -0.549 e. The van der Waals surface area contributed by atoms with Crippen molar-refractivity contribution in [1.29, 1.82) is 0 Å². The number of carboxylic acids is 1. The van der Waals surface area contributed by atoms with E-state index in [4.69, 9.17) is 0 Å². The summed E-state index contributed by atoms with van der Waals surface area (Å²) in [5, 5.41) is 20.7. The molecule has 1 aliphatic rings. The molecule has 0 aliphatic carbocycles. The Bertz CT molecular complexity index is 1070. The Morgan fingerprint density at radius 3 is 2.16 bits per heavy atom. The summed E-state index contributed by atoms with van der Waals surface area (Å²) in [6.45, 7) is 0.637. The molecule has 0 radical (unpaired) electrons. The number of nitrogens with one attached hydrogen (secondary N) is 1. The molecule has 6 nitrogen and oxygen atoms in total. The molecule has 0 saturated carbocycles. The Kier molecular flexibility index (Phi) is 7.63. The van der Waals surface area contributed by atoms with Crippen molar-refractivity contribution in [3.63, 3.8) is 0 Å². The number of benzene rings is 3. The molecule has 1 N–H and O–H groups in total. The maximum absolute atomic E-state index is 12.4. The molecule has 1 atom stereocenters. The second-order valence-corrected chi connectivity index (χ2v) is 7.02. The van der Waals surface area contributed by atoms with Crippen molar-refractivity contribution < 1.29 is 44.3 Å². The van der Waals surface area contributed by atoms with Crippen LogP contribution in [0.5, 0.6) is 0 Å². The first-order valence-electron chi connectivity index (χ1n) is 9.66. The number of hydrogen-bond donors (Lipinski definition) is 1. The van der Waals surface area contributed by atoms with Gasteiger partial charge >= 0.3 is 29.6 Å². The molecule has 7 heteroatoms. The van der Waals surface area contributed by atoms with Crippen molar-refractivity contribution in [3.8, 4) is 0 Å². The zero-order valence-electron chi connectivity index (χ0n) is 17.2. The average Bonchev–Trinajstić information content (AvgIpc) is 3.25. The summed E-state index contributed by atoms with van der Waals surface area (Å²) in [5.74, 6) is -2.15. The van der Waals surface area contributed by atoms with Crippen LogP contribution < -0.4 is 45.0 Å². The Balaban J connectivity index is 0.00000272. The smallest absolute Gasteiger partial charge is 0.549 e. The van der Waals surface area contributed by atoms with Gasteiger partial charge in [0.15, 0.2) is 0 Å². The molecule has 0 saturated heterocycles. The van der Waals surface area contributed by atoms with Crippen LogP contribution in [0.15, 0.2) is 90.0 Å². The zero-order chi connectivity index (χ0) is 20.9. The van der Waals surface area contributed by atoms with Gasteiger partial charge in [-0.25, -0.2) is 0 Å². The summed E-state index contributed by atoms with van der Waals surface area (Å²) in [4.78, 5) is 24.0. The number of carbonyl (C=O) groups excluding carboxylic acids is 2. The summed E-state index contributed by atoms with van der Waals surface area (Å²) >= 11 is 0. The monoisotopic (exact) mass is 421 g/mol. The molecule has 4 rings (SSSR count). The van der Waals surface area contributed by atoms with Crippen LogP contribution in [0, 0.1) is 5.92 Å². The SMILES string of the molecule is O=C(NCc1ccccc1)c1ccc(N2CC(C(=O)[O-])C(c3ccccc3)=N2)cc1.[Na+]. The molecule has 0 aromatic heterocycles. The van der Waals surface area contributed by atoms with Gasteiger partial charge in [0.25, 0.3) is 5.91 Å². The summed E-state index contributed by atoms with van der Waals surface area (Å²) in [7, 11) is 0. The van der Waals surface area contributed by atoms with E-state index in [0.717, 1.165) is 11.1 Å². The second-order valence-electron chi connectivity index (χ2n) is 7.02. The maximum Gasteiger partial charge on any atom is 1.00 e. The van der Waals surface area contributed by atoms with Crippen LogP contribution in [-0.2, 0) is 11.3 Å². The Hall–Kier alpha value is -2.93. The number of carbonyl (C=O) groups is 2. The third-order valence-electron chi connectivity index (χ3n) is 4.99. The van der Waals surface area contributed by atoms with Crippen LogP contribution in [0.1, 0.15) is 21.5 Å². The van der Waals surface area contributed by atoms with E-state index in [2.05, 4.69) is 10.4 Å². The topological polar surface area (TPSA) is 84.8 Å². The van der Waals surface area contributed by atoms with Crippen LogP contribution in [0.4, 0.5) is 5.69 Å². The molecule has 0 spiro atoms. The van der Waals surface area contributed by atoms with E-state index < -0.39 is 11.9 Å². The molecule has 1 amide bonds. The predicted octanol–water partition coefficient (Wildman–Crippen LogP) is -0.789. The summed E-state index contributed by atoms with van der Waals surface area (Å²) in [6.07, 6.45) is 0. The van der Waals surface area contributed by atoms with Gasteiger partial charge in [0.05, 0.1) is 29.8 Å². The normalized spacial score (nSPS) is 15.0. The number of anilines is 1. The number of nitrogens with zero attached hydrogens (tertiary/aromatic N) is 2. The Morgan fingerprint density at radius 1 is 0.935 bits per heavy atom. The van der Waals surface area contributed by atoms with Gasteiger partial charge in [-0.1, -0.05) is 60.7 Å². The molecule has 3 aromatic rings. The quantitative estimate of drug-likeness (QED) is 0.529. The van der Waals surface area contributed by atoms with Crippen LogP contribution >= 0.6 is 0 Å². The van der Waals surface area contributed by atoms with E-state index in [-0.39, 0.29) is 42.0 Å². The fourth-order valence-corrected chi connectivity index (χ4v) is 3.38. The van der Waals surface area contributed by atoms with E-state index in [1.165, 1.54) is 0 Å². The van der Waals surface area contributed by atoms with Crippen molar-refractivity contribution in [1.82, 2.24) is 5.32 Å². The summed E-state index contributed by atoms with van der Waals surface area (Å²) < 4.78 is 0. The molecule has 1 unspecified atom stereocenters. The summed E-state index contributed by atoms with van der Waals surface area (Å²) in [5.41, 5.74) is 3.49. The number of hydrazone groups is 1. The van der Waals surface area contributed by atoms with Crippen molar-refractivity contribution in [2.45, 2.75) is 6.54 Å². The minimum atomic E-state index is -1.16. The van der Waals surface area contributed by atoms with Crippen LogP contribution in [-0.4, -0.2) is 24.1 Å². The third-order valence-corrected chi connectivity index (χ3v) is 4.99. The van der Waals surface area contributed by atoms with Crippen molar-refractivity contribution in [3.05, 3.63) is 102 Å². The first-order valence-corrected chi connectivity index (χ1v) is 9.66. The van der Waals surface area contributed by atoms with Gasteiger partial charge in [0, 0.05) is 12.1 Å². The van der Waals surface area contributed by atoms with Gasteiger partial charge in [-0.2, -0.15) is 5.10 Å². The van der Waals surface area contributed by atoms with Gasteiger partial charge in [0.1, 0.15) is 0 Å². The molecular weight excluding hydrogens is 401 g/mol. The number of hydrogen-bond acceptors (Lipinski definition) is 5. The maximum atomic E-state index is 12.4. The molecule has 3 aromatic carbocycles. The molecule has 1 heterocycles. The molecule has 1 aliphatic heterocycles. The predicted molar refractivity (Wildman–Crippen MR) is 113 cm³/mol. The minimum absolute atomic E-state index is 0. The molecule has 31 heavy (non-hydrogen) atoms. The molecule has 150 valence electrons. The number of amides is 1. The van der Waals surface area contributed by atoms with Gasteiger partial charge in [-0.15, -0.1) is 0 Å². The van der Waals surface area contributed by atoms with E-state index in [1.807, 2.05) is 60.7 Å². The van der Waals surface area contributed by atoms with Gasteiger partial charge in [-0.3, -0.25) is 9.80 Å². The largest absolute Gasteiger partial charge is 1.00 e. The zero-order valence-corrected chi connectivity index (χ0v) is 19.2. The van der Waals surface area contributed by atoms with Crippen LogP contribution in [0.2, 0.25) is 0 Å². The standard InChI is InChI=1S/C24H21N3O3.Na/c28-23(25-15-17-7-3-1-4-8-17)19-11-13-20(14-12-19)27-16-21(24(29)30)22(26-27)18-9-5-2-6-10-18;/h1-14,21H,15-16H2,(H,25,28)(H,29,30);/q;+1/p-1. The summed E-state index contributed by atoms with van der Waals surface area (Å²) in [6, 6.07) is 25.8. The van der Waals surface area contributed by atoms with Crippen LogP contribution in [0.3, 0.4) is 0 Å². The van der Waals surface area contributed by atoms with Gasteiger partial charge < -0.3 is 15.2 Å². The van der Waals surface area contributed by atoms with E-state index in [1.54, 1.807) is 29.3 Å². The number of carboxylic acid groups (broad SMARTS) is 1. The fourth-order valence-electron chi connectivity index (χ4n) is 3.38. The van der Waals surface area contributed by atoms with Crippen molar-refractivity contribution in [2.24, 2.45) is 11.0 Å². The Morgan fingerprint density at radius 2 is 1.55 bits per heavy atom. The Labute approximate surface area is 202 Å². The third kappa shape index (κ3) is 5.41. The molecule has 0 bridgehead atoms. The van der Waals surface area contributed by atoms with E-state index in [9.17, 15) is 14.7 Å². The molecule has 0 fully saturated rings. The number of rotatable bonds is 6. The second kappa shape index (κ2) is 10.4. The van der Waals surface area contributed by atoms with Crippen molar-refractivity contribution in [2.75, 3.05) is 11.6 Å². The average molecular weight is 421 g/mol. The van der Waals surface area contributed by atoms with Gasteiger partial charge in [0.2, 0.25) is 0 Å². The van der Waals surface area contributed by atoms with Crippen molar-refractivity contribution >= 4 is 23.3 Å². The first kappa shape index (κ1) is 22.7. The van der Waals surface area contributed by atoms with Crippen LogP contribution in [0.25, 0.3) is 0 Å². The molecular formula is C24H20N3NaO3. The fraction of sp³-hybridized carbons (Fsp3) is 0.125. The van der Waals surface area contributed by atoms with Gasteiger partial charge in [-0.05, 0) is 35.4 Å². The van der Waals surface area contributed by atoms with E-state index >= 15 is 0 Å². The first-order chi connectivity index (χ1) is 14.6. The van der Waals surface area contributed by atoms with E-state index in [0.29, 0.717) is 23.5 Å².